The number of aryl methyl sites for hydroxylation is 1. The van der Waals surface area contributed by atoms with Crippen LogP contribution in [0.4, 0.5) is 4.39 Å². The predicted octanol–water partition coefficient (Wildman–Crippen LogP) is 4.19. The molecule has 132 valence electrons. The van der Waals surface area contributed by atoms with Crippen molar-refractivity contribution >= 4 is 23.2 Å². The van der Waals surface area contributed by atoms with Crippen LogP contribution in [0.5, 0.6) is 0 Å². The molecular formula is C19H20FNO3S. The first kappa shape index (κ1) is 17.6. The Kier molecular flexibility index (Phi) is 4.90. The van der Waals surface area contributed by atoms with Crippen LogP contribution in [0.2, 0.25) is 0 Å². The van der Waals surface area contributed by atoms with Gasteiger partial charge in [-0.15, -0.1) is 11.3 Å². The van der Waals surface area contributed by atoms with Crippen LogP contribution in [0.15, 0.2) is 30.3 Å². The lowest BCUT2D eigenvalue weighted by molar-refractivity contribution is -0.144. The molecule has 0 unspecified atom stereocenters. The number of amides is 1. The van der Waals surface area contributed by atoms with E-state index in [0.717, 1.165) is 16.0 Å². The molecule has 1 amide bonds. The van der Waals surface area contributed by atoms with E-state index < -0.39 is 11.9 Å². The number of piperidine rings is 1. The van der Waals surface area contributed by atoms with Crippen LogP contribution in [0.25, 0.3) is 10.4 Å². The Morgan fingerprint density at radius 2 is 1.96 bits per heavy atom. The molecule has 1 aliphatic rings. The summed E-state index contributed by atoms with van der Waals surface area (Å²) in [7, 11) is 0. The summed E-state index contributed by atoms with van der Waals surface area (Å²) in [5.74, 6) is -1.79. The fourth-order valence-electron chi connectivity index (χ4n) is 3.38. The molecule has 2 aromatic rings. The molecule has 3 rings (SSSR count). The molecule has 0 bridgehead atoms. The van der Waals surface area contributed by atoms with Crippen molar-refractivity contribution in [1.29, 1.82) is 0 Å². The number of likely N-dealkylation sites (tertiary alicyclic amines) is 1. The van der Waals surface area contributed by atoms with Crippen molar-refractivity contribution in [3.63, 3.8) is 0 Å². The van der Waals surface area contributed by atoms with E-state index in [0.29, 0.717) is 24.3 Å². The molecule has 0 aliphatic carbocycles. The van der Waals surface area contributed by atoms with Gasteiger partial charge in [-0.2, -0.15) is 0 Å². The fraction of sp³-hybridized carbons (Fsp3) is 0.368. The van der Waals surface area contributed by atoms with Gasteiger partial charge in [-0.1, -0.05) is 12.1 Å². The summed E-state index contributed by atoms with van der Waals surface area (Å²) in [6, 6.07) is 7.72. The first-order valence-electron chi connectivity index (χ1n) is 8.28. The molecule has 1 aromatic carbocycles. The van der Waals surface area contributed by atoms with Gasteiger partial charge in [0.1, 0.15) is 5.82 Å². The van der Waals surface area contributed by atoms with Gasteiger partial charge in [-0.05, 0) is 56.0 Å². The molecule has 1 aliphatic heterocycles. The molecule has 2 atom stereocenters. The maximum Gasteiger partial charge on any atom is 0.308 e. The summed E-state index contributed by atoms with van der Waals surface area (Å²) in [5, 5.41) is 9.33. The number of carboxylic acid groups (broad SMARTS) is 1. The zero-order valence-corrected chi connectivity index (χ0v) is 15.0. The molecule has 1 N–H and O–H groups in total. The number of carboxylic acids is 1. The summed E-state index contributed by atoms with van der Waals surface area (Å²) in [6.45, 7) is 4.30. The highest BCUT2D eigenvalue weighted by Crippen LogP contribution is 2.34. The second-order valence-corrected chi connectivity index (χ2v) is 7.51. The number of nitrogens with zero attached hydrogens (tertiary/aromatic N) is 1. The third-order valence-corrected chi connectivity index (χ3v) is 6.08. The zero-order valence-electron chi connectivity index (χ0n) is 14.2. The van der Waals surface area contributed by atoms with E-state index in [-0.39, 0.29) is 17.8 Å². The van der Waals surface area contributed by atoms with Crippen molar-refractivity contribution in [2.24, 2.45) is 5.92 Å². The second kappa shape index (κ2) is 6.96. The molecule has 1 fully saturated rings. The number of carbonyl (C=O) groups excluding carboxylic acids is 1. The smallest absolute Gasteiger partial charge is 0.308 e. The topological polar surface area (TPSA) is 57.6 Å². The Labute approximate surface area is 149 Å². The lowest BCUT2D eigenvalue weighted by Crippen LogP contribution is -2.48. The molecule has 1 saturated heterocycles. The summed E-state index contributed by atoms with van der Waals surface area (Å²) < 4.78 is 13.1. The van der Waals surface area contributed by atoms with E-state index in [1.807, 2.05) is 13.0 Å². The Bertz CT molecular complexity index is 800. The zero-order chi connectivity index (χ0) is 18.1. The van der Waals surface area contributed by atoms with Gasteiger partial charge in [-0.25, -0.2) is 4.39 Å². The highest BCUT2D eigenvalue weighted by atomic mass is 32.1. The van der Waals surface area contributed by atoms with E-state index in [1.54, 1.807) is 24.0 Å². The maximum atomic E-state index is 13.1. The van der Waals surface area contributed by atoms with Crippen molar-refractivity contribution < 1.29 is 19.1 Å². The Morgan fingerprint density at radius 3 is 2.60 bits per heavy atom. The fourth-order valence-corrected chi connectivity index (χ4v) is 4.51. The van der Waals surface area contributed by atoms with Gasteiger partial charge < -0.3 is 10.0 Å². The maximum absolute atomic E-state index is 13.1. The number of hydrogen-bond acceptors (Lipinski definition) is 3. The number of carbonyl (C=O) groups is 2. The van der Waals surface area contributed by atoms with Crippen molar-refractivity contribution in [3.8, 4) is 10.4 Å². The number of benzene rings is 1. The highest BCUT2D eigenvalue weighted by Gasteiger charge is 2.36. The largest absolute Gasteiger partial charge is 0.481 e. The highest BCUT2D eigenvalue weighted by molar-refractivity contribution is 7.17. The molecule has 2 heterocycles. The molecule has 0 saturated carbocycles. The Hall–Kier alpha value is -2.21. The molecule has 6 heteroatoms. The van der Waals surface area contributed by atoms with E-state index in [4.69, 9.17) is 0 Å². The number of thiophene rings is 1. The van der Waals surface area contributed by atoms with E-state index >= 15 is 0 Å². The molecule has 1 aromatic heterocycles. The monoisotopic (exact) mass is 361 g/mol. The quantitative estimate of drug-likeness (QED) is 0.892. The summed E-state index contributed by atoms with van der Waals surface area (Å²) in [4.78, 5) is 27.5. The molecule has 4 nitrogen and oxygen atoms in total. The van der Waals surface area contributed by atoms with Crippen molar-refractivity contribution in [2.75, 3.05) is 6.54 Å². The Balaban J connectivity index is 1.87. The predicted molar refractivity (Wildman–Crippen MR) is 95.3 cm³/mol. The van der Waals surface area contributed by atoms with Gasteiger partial charge in [-0.3, -0.25) is 9.59 Å². The van der Waals surface area contributed by atoms with E-state index in [1.165, 1.54) is 23.5 Å². The van der Waals surface area contributed by atoms with Crippen LogP contribution in [0, 0.1) is 18.7 Å². The Morgan fingerprint density at radius 1 is 1.28 bits per heavy atom. The van der Waals surface area contributed by atoms with Crippen molar-refractivity contribution in [3.05, 3.63) is 46.6 Å². The van der Waals surface area contributed by atoms with Crippen LogP contribution < -0.4 is 0 Å². The lowest BCUT2D eigenvalue weighted by Gasteiger charge is -2.37. The SMILES string of the molecule is Cc1cc(C(=O)N2CCC[C@@H](C(=O)O)[C@H]2C)sc1-c1ccc(F)cc1. The van der Waals surface area contributed by atoms with Crippen LogP contribution in [-0.2, 0) is 4.79 Å². The summed E-state index contributed by atoms with van der Waals surface area (Å²) in [6.07, 6.45) is 1.30. The number of halogens is 1. The third-order valence-electron chi connectivity index (χ3n) is 4.80. The van der Waals surface area contributed by atoms with Crippen LogP contribution in [0.3, 0.4) is 0 Å². The molecule has 25 heavy (non-hydrogen) atoms. The lowest BCUT2D eigenvalue weighted by atomic mass is 9.90. The number of aliphatic carboxylic acids is 1. The normalized spacial score (nSPS) is 20.5. The second-order valence-electron chi connectivity index (χ2n) is 6.46. The summed E-state index contributed by atoms with van der Waals surface area (Å²) in [5.41, 5.74) is 1.83. The minimum Gasteiger partial charge on any atom is -0.481 e. The first-order valence-corrected chi connectivity index (χ1v) is 9.10. The average Bonchev–Trinajstić information content (AvgIpc) is 2.97. The van der Waals surface area contributed by atoms with Gasteiger partial charge in [0.25, 0.3) is 5.91 Å². The van der Waals surface area contributed by atoms with Gasteiger partial charge in [0, 0.05) is 17.5 Å². The van der Waals surface area contributed by atoms with Crippen LogP contribution >= 0.6 is 11.3 Å². The standard InChI is InChI=1S/C19H20FNO3S/c1-11-10-16(25-17(11)13-5-7-14(20)8-6-13)18(22)21-9-3-4-15(12(21)2)19(23)24/h5-8,10,12,15H,3-4,9H2,1-2H3,(H,23,24)/t12-,15-/m1/s1. The number of rotatable bonds is 3. The van der Waals surface area contributed by atoms with E-state index in [2.05, 4.69) is 0 Å². The average molecular weight is 361 g/mol. The van der Waals surface area contributed by atoms with Crippen LogP contribution in [-0.4, -0.2) is 34.5 Å². The van der Waals surface area contributed by atoms with Crippen molar-refractivity contribution in [1.82, 2.24) is 4.90 Å². The molecule has 0 spiro atoms. The van der Waals surface area contributed by atoms with Gasteiger partial charge in [0.05, 0.1) is 10.8 Å². The molecule has 0 radical (unpaired) electrons. The van der Waals surface area contributed by atoms with Crippen LogP contribution in [0.1, 0.15) is 35.0 Å². The summed E-state index contributed by atoms with van der Waals surface area (Å²) >= 11 is 1.37. The minimum absolute atomic E-state index is 0.125. The third kappa shape index (κ3) is 3.44. The molecular weight excluding hydrogens is 341 g/mol. The van der Waals surface area contributed by atoms with Gasteiger partial charge >= 0.3 is 5.97 Å². The minimum atomic E-state index is -0.848. The van der Waals surface area contributed by atoms with E-state index in [9.17, 15) is 19.1 Å². The van der Waals surface area contributed by atoms with Crippen molar-refractivity contribution in [2.45, 2.75) is 32.7 Å². The number of hydrogen-bond donors (Lipinski definition) is 1. The van der Waals surface area contributed by atoms with Gasteiger partial charge in [0.2, 0.25) is 0 Å². The first-order chi connectivity index (χ1) is 11.9. The van der Waals surface area contributed by atoms with Gasteiger partial charge in [0.15, 0.2) is 0 Å².